The van der Waals surface area contributed by atoms with E-state index in [0.717, 1.165) is 82.3 Å². The number of nitrogen functional groups attached to an aromatic ring is 1. The molecule has 2 aromatic heterocycles. The number of methoxy groups -OCH3 is 2. The number of rotatable bonds is 26. The summed E-state index contributed by atoms with van der Waals surface area (Å²) in [5.74, 6) is 1.84. The summed E-state index contributed by atoms with van der Waals surface area (Å²) in [5.41, 5.74) is 13.8. The van der Waals surface area contributed by atoms with Crippen LogP contribution in [-0.4, -0.2) is 148 Å². The minimum Gasteiger partial charge on any atom is -0.489 e. The van der Waals surface area contributed by atoms with Gasteiger partial charge in [0.05, 0.1) is 68.5 Å². The highest BCUT2D eigenvalue weighted by Crippen LogP contribution is 2.41. The van der Waals surface area contributed by atoms with E-state index in [9.17, 15) is 26.4 Å². The van der Waals surface area contributed by atoms with Gasteiger partial charge in [-0.05, 0) is 215 Å². The number of nitrogens with zero attached hydrogens (tertiary/aromatic N) is 6. The molecule has 25 heteroatoms. The zero-order chi connectivity index (χ0) is 73.3. The molecule has 10 rings (SSSR count). The molecular formula is C76H93Cl3N10O10S2. The lowest BCUT2D eigenvalue weighted by Gasteiger charge is -2.33. The molecule has 0 saturated carbocycles. The number of ketones is 2. The topological polar surface area (TPSA) is 259 Å². The molecular weight excluding hydrogens is 1380 g/mol. The molecule has 8 aromatic rings. The molecule has 6 aromatic carbocycles. The van der Waals surface area contributed by atoms with E-state index in [-0.39, 0.29) is 77.7 Å². The third-order valence-electron chi connectivity index (χ3n) is 17.4. The van der Waals surface area contributed by atoms with Crippen molar-refractivity contribution in [1.82, 2.24) is 29.7 Å². The van der Waals surface area contributed by atoms with E-state index in [4.69, 9.17) is 64.5 Å². The van der Waals surface area contributed by atoms with E-state index in [1.54, 1.807) is 133 Å². The van der Waals surface area contributed by atoms with E-state index in [1.807, 2.05) is 39.8 Å². The summed E-state index contributed by atoms with van der Waals surface area (Å²) in [5, 5.41) is 7.63. The molecule has 2 fully saturated rings. The number of anilines is 7. The van der Waals surface area contributed by atoms with Crippen LogP contribution in [0, 0.1) is 13.8 Å². The first kappa shape index (κ1) is 78.9. The highest BCUT2D eigenvalue weighted by Gasteiger charge is 2.31. The van der Waals surface area contributed by atoms with Gasteiger partial charge in [-0.3, -0.25) is 9.59 Å². The molecule has 2 saturated heterocycles. The van der Waals surface area contributed by atoms with Gasteiger partial charge in [-0.1, -0.05) is 108 Å². The Hall–Kier alpha value is -7.77. The molecule has 101 heavy (non-hydrogen) atoms. The summed E-state index contributed by atoms with van der Waals surface area (Å²) in [6, 6.07) is 38.4. The van der Waals surface area contributed by atoms with Gasteiger partial charge >= 0.3 is 0 Å². The monoisotopic (exact) mass is 1470 g/mol. The predicted molar refractivity (Wildman–Crippen MR) is 405 cm³/mol. The summed E-state index contributed by atoms with van der Waals surface area (Å²) in [6.45, 7) is 26.5. The molecule has 540 valence electrons. The minimum absolute atomic E-state index is 0.000912. The van der Waals surface area contributed by atoms with Crippen LogP contribution in [0.5, 0.6) is 11.5 Å². The Labute approximate surface area is 610 Å². The molecule has 0 atom stereocenters. The number of para-hydroxylation sites is 2. The van der Waals surface area contributed by atoms with E-state index < -0.39 is 41.7 Å². The largest absolute Gasteiger partial charge is 0.489 e. The molecule has 0 amide bonds. The van der Waals surface area contributed by atoms with Crippen LogP contribution in [0.4, 0.5) is 40.3 Å². The maximum atomic E-state index is 13.8. The molecule has 0 aliphatic carbocycles. The van der Waals surface area contributed by atoms with Gasteiger partial charge < -0.3 is 50.4 Å². The maximum absolute atomic E-state index is 13.8. The average molecular weight is 1480 g/mol. The molecule has 0 bridgehead atoms. The van der Waals surface area contributed by atoms with E-state index in [2.05, 4.69) is 72.7 Å². The van der Waals surface area contributed by atoms with Gasteiger partial charge in [0, 0.05) is 38.4 Å². The van der Waals surface area contributed by atoms with Gasteiger partial charge in [-0.2, -0.15) is 15.0 Å². The second kappa shape index (κ2) is 36.4. The first-order valence-electron chi connectivity index (χ1n) is 33.9. The Kier molecular flexibility index (Phi) is 28.4. The van der Waals surface area contributed by atoms with Crippen LogP contribution in [0.1, 0.15) is 147 Å². The fourth-order valence-electron chi connectivity index (χ4n) is 12.0. The molecule has 0 radical (unpaired) electrons. The van der Waals surface area contributed by atoms with Crippen molar-refractivity contribution >= 4 is 106 Å². The van der Waals surface area contributed by atoms with Crippen molar-refractivity contribution in [2.24, 2.45) is 0 Å². The summed E-state index contributed by atoms with van der Waals surface area (Å²) < 4.78 is 74.7. The summed E-state index contributed by atoms with van der Waals surface area (Å²) in [7, 11) is -3.78. The third-order valence-corrected chi connectivity index (χ3v) is 22.5. The van der Waals surface area contributed by atoms with Gasteiger partial charge in [0.2, 0.25) is 11.2 Å². The molecule has 2 aliphatic rings. The lowest BCUT2D eigenvalue weighted by Crippen LogP contribution is -2.35. The second-order valence-electron chi connectivity index (χ2n) is 26.0. The lowest BCUT2D eigenvalue weighted by atomic mass is 9.86. The Morgan fingerprint density at radius 2 is 0.911 bits per heavy atom. The predicted octanol–water partition coefficient (Wildman–Crippen LogP) is 16.1. The number of ether oxygens (including phenoxy) is 4. The summed E-state index contributed by atoms with van der Waals surface area (Å²) >= 11 is 19.0. The third kappa shape index (κ3) is 20.7. The smallest absolute Gasteiger partial charge is 0.230 e. The van der Waals surface area contributed by atoms with Crippen LogP contribution in [0.2, 0.25) is 15.6 Å². The number of carbonyl (C=O) groups is 2. The van der Waals surface area contributed by atoms with Crippen molar-refractivity contribution in [2.75, 3.05) is 88.4 Å². The number of aryl methyl sites for hydroxylation is 2. The highest BCUT2D eigenvalue weighted by atomic mass is 35.5. The minimum atomic E-state index is -3.69. The first-order chi connectivity index (χ1) is 48.1. The number of carbonyl (C=O) groups excluding carboxylic acids is 2. The number of nitrogens with two attached hydrogens (primary N) is 1. The van der Waals surface area contributed by atoms with Crippen LogP contribution in [-0.2, 0) is 29.1 Å². The fourth-order valence-corrected chi connectivity index (χ4v) is 15.1. The van der Waals surface area contributed by atoms with Crippen LogP contribution in [0.15, 0.2) is 143 Å². The fraction of sp³-hybridized carbons (Fsp3) is 0.395. The zero-order valence-electron chi connectivity index (χ0n) is 59.4. The molecule has 2 aliphatic heterocycles. The van der Waals surface area contributed by atoms with Gasteiger partial charge in [0.1, 0.15) is 44.6 Å². The average Bonchev–Trinajstić information content (AvgIpc) is 0.787. The second-order valence-corrected chi connectivity index (χ2v) is 32.0. The van der Waals surface area contributed by atoms with Crippen molar-refractivity contribution in [3.8, 4) is 11.5 Å². The summed E-state index contributed by atoms with van der Waals surface area (Å²) in [4.78, 5) is 49.1. The van der Waals surface area contributed by atoms with E-state index in [1.165, 1.54) is 41.7 Å². The number of aromatic nitrogens is 4. The molecule has 0 unspecified atom stereocenters. The number of piperidine rings is 2. The van der Waals surface area contributed by atoms with E-state index in [0.29, 0.717) is 34.4 Å². The first-order valence-corrected chi connectivity index (χ1v) is 38.1. The zero-order valence-corrected chi connectivity index (χ0v) is 63.3. The van der Waals surface area contributed by atoms with Crippen molar-refractivity contribution in [3.63, 3.8) is 0 Å². The van der Waals surface area contributed by atoms with Crippen molar-refractivity contribution in [1.29, 1.82) is 0 Å². The van der Waals surface area contributed by atoms with Crippen LogP contribution < -0.4 is 31.2 Å². The van der Waals surface area contributed by atoms with Crippen molar-refractivity contribution in [2.45, 2.75) is 139 Å². The van der Waals surface area contributed by atoms with Crippen molar-refractivity contribution in [3.05, 3.63) is 194 Å². The lowest BCUT2D eigenvalue weighted by molar-refractivity contribution is 0.103. The number of hydrogen-bond donors (Lipinski definition) is 4. The number of likely N-dealkylation sites (tertiary alicyclic amines) is 2. The van der Waals surface area contributed by atoms with Crippen LogP contribution in [0.25, 0.3) is 0 Å². The quantitative estimate of drug-likeness (QED) is 0.0170. The number of sulfone groups is 2. The molecule has 0 spiro atoms. The highest BCUT2D eigenvalue weighted by molar-refractivity contribution is 7.92. The normalized spacial score (nSPS) is 14.1. The molecule has 20 nitrogen and oxygen atoms in total. The van der Waals surface area contributed by atoms with Crippen LogP contribution in [0.3, 0.4) is 0 Å². The Morgan fingerprint density at radius 1 is 0.515 bits per heavy atom. The number of benzene rings is 6. The van der Waals surface area contributed by atoms with Gasteiger partial charge in [-0.25, -0.2) is 21.8 Å². The standard InChI is InChI=1S/C38H46ClN5O5S.C20H17Cl2N3O3S.C18H30N2O2/c1-24(2)49-32-23-29(27-16-18-44(19-17-27)20-21-48-6)26(5)22-31(32)41-38-42-36(39)34(35(45)28-12-8-7-9-13-28)37(43-38)40-30-14-10-11-15-33(30)50(46,47)25(3)4;1-12(2)29(27,28)15-11-7-6-10-14(15)23-19-16(18(21)24-20(22)25-19)17(26)13-8-4-3-5-9-13;1-13(2)22-18-12-16(14(3)11-17(18)19)15-5-7-20(8-6-15)9-10-21-4/h7-15,22-25,27H,16-21H2,1-6H3,(H2,40,41,42,43);3-12H,1-2H3,(H,23,24,25);11-13,15H,5-10,19H2,1-4H3. The maximum Gasteiger partial charge on any atom is 0.230 e. The van der Waals surface area contributed by atoms with Crippen LogP contribution >= 0.6 is 34.8 Å². The SMILES string of the molecule is CC(C)S(=O)(=O)c1ccccc1Nc1nc(Cl)nc(Cl)c1C(=O)c1ccccc1.COCCN1CCC(c2cc(OC(C)C)c(N)cc2C)CC1.COCCN1CCC(c2cc(OC(C)C)c(Nc3nc(Cl)c(C(=O)c4ccccc4)c(Nc4ccccc4S(=O)(=O)C(C)C)n3)cc2C)CC1. The van der Waals surface area contributed by atoms with Gasteiger partial charge in [0.15, 0.2) is 31.2 Å². The number of halogens is 3. The number of hydrogen-bond acceptors (Lipinski definition) is 20. The van der Waals surface area contributed by atoms with Gasteiger partial charge in [0.25, 0.3) is 0 Å². The van der Waals surface area contributed by atoms with E-state index >= 15 is 0 Å². The molecule has 5 N–H and O–H groups in total. The number of nitrogens with one attached hydrogen (secondary N) is 3. The Balaban J connectivity index is 0.000000214. The summed E-state index contributed by atoms with van der Waals surface area (Å²) in [6.07, 6.45) is 4.50. The molecule has 4 heterocycles. The Morgan fingerprint density at radius 3 is 1.35 bits per heavy atom. The van der Waals surface area contributed by atoms with Gasteiger partial charge in [-0.15, -0.1) is 0 Å². The van der Waals surface area contributed by atoms with Crippen molar-refractivity contribution < 1.29 is 45.4 Å². The Bertz CT molecular complexity index is 4370.